The molecule has 3 N–H and O–H groups in total. The Labute approximate surface area is 214 Å². The van der Waals surface area contributed by atoms with Crippen molar-refractivity contribution in [2.75, 3.05) is 39.4 Å². The summed E-state index contributed by atoms with van der Waals surface area (Å²) in [6.07, 6.45) is 0. The summed E-state index contributed by atoms with van der Waals surface area (Å²) in [5.74, 6) is 0.706. The summed E-state index contributed by atoms with van der Waals surface area (Å²) in [4.78, 5) is 19.2. The van der Waals surface area contributed by atoms with Gasteiger partial charge in [0.2, 0.25) is 0 Å². The maximum absolute atomic E-state index is 12.1. The smallest absolute Gasteiger partial charge is 0.251 e. The van der Waals surface area contributed by atoms with Gasteiger partial charge < -0.3 is 20.7 Å². The molecule has 33 heavy (non-hydrogen) atoms. The minimum atomic E-state index is -0.0553. The van der Waals surface area contributed by atoms with Crippen molar-refractivity contribution >= 4 is 35.8 Å². The number of guanidine groups is 1. The van der Waals surface area contributed by atoms with Gasteiger partial charge in [-0.15, -0.1) is 24.0 Å². The van der Waals surface area contributed by atoms with Gasteiger partial charge in [-0.1, -0.05) is 36.4 Å². The van der Waals surface area contributed by atoms with Crippen LogP contribution in [-0.2, 0) is 24.4 Å². The number of halogens is 1. The number of amides is 1. The molecule has 0 unspecified atom stereocenters. The Kier molecular flexibility index (Phi) is 12.2. The van der Waals surface area contributed by atoms with E-state index in [1.165, 1.54) is 11.1 Å². The van der Waals surface area contributed by atoms with Crippen molar-refractivity contribution in [1.29, 1.82) is 0 Å². The van der Waals surface area contributed by atoms with Gasteiger partial charge in [-0.3, -0.25) is 9.69 Å². The van der Waals surface area contributed by atoms with Gasteiger partial charge in [-0.25, -0.2) is 4.99 Å². The molecular formula is C25H36IN5O2. The van der Waals surface area contributed by atoms with Crippen molar-refractivity contribution in [1.82, 2.24) is 20.9 Å². The first kappa shape index (κ1) is 27.1. The third-order valence-corrected chi connectivity index (χ3v) is 5.35. The molecule has 0 bridgehead atoms. The lowest BCUT2D eigenvalue weighted by molar-refractivity contribution is 0.0341. The molecule has 7 nitrogen and oxygen atoms in total. The Morgan fingerprint density at radius 2 is 1.70 bits per heavy atom. The van der Waals surface area contributed by atoms with Crippen LogP contribution in [0.15, 0.2) is 53.5 Å². The third-order valence-electron chi connectivity index (χ3n) is 5.35. The zero-order valence-electron chi connectivity index (χ0n) is 19.6. The van der Waals surface area contributed by atoms with E-state index in [0.717, 1.165) is 50.9 Å². The summed E-state index contributed by atoms with van der Waals surface area (Å²) in [6.45, 7) is 11.0. The van der Waals surface area contributed by atoms with E-state index < -0.39 is 0 Å². The van der Waals surface area contributed by atoms with Crippen molar-refractivity contribution < 1.29 is 9.53 Å². The number of carbonyl (C=O) groups is 1. The van der Waals surface area contributed by atoms with E-state index in [-0.39, 0.29) is 29.9 Å². The number of morpholine rings is 1. The third kappa shape index (κ3) is 8.94. The van der Waals surface area contributed by atoms with Crippen LogP contribution in [0.1, 0.15) is 40.9 Å². The number of rotatable bonds is 9. The fourth-order valence-corrected chi connectivity index (χ4v) is 3.65. The molecule has 1 amide bonds. The number of benzene rings is 2. The van der Waals surface area contributed by atoms with E-state index in [1.54, 1.807) is 0 Å². The van der Waals surface area contributed by atoms with E-state index in [2.05, 4.69) is 52.0 Å². The molecule has 180 valence electrons. The average molecular weight is 566 g/mol. The molecule has 0 aliphatic carbocycles. The number of nitrogens with zero attached hydrogens (tertiary/aromatic N) is 2. The second kappa shape index (κ2) is 14.9. The van der Waals surface area contributed by atoms with E-state index in [1.807, 2.05) is 31.2 Å². The second-order valence-corrected chi connectivity index (χ2v) is 7.77. The highest BCUT2D eigenvalue weighted by Gasteiger charge is 2.13. The Balaban J connectivity index is 0.00000385. The predicted molar refractivity (Wildman–Crippen MR) is 144 cm³/mol. The zero-order valence-corrected chi connectivity index (χ0v) is 21.9. The molecule has 1 saturated heterocycles. The zero-order chi connectivity index (χ0) is 22.6. The molecule has 0 atom stereocenters. The van der Waals surface area contributed by atoms with Gasteiger partial charge in [0.25, 0.3) is 5.91 Å². The van der Waals surface area contributed by atoms with Gasteiger partial charge in [0, 0.05) is 44.8 Å². The molecule has 2 aromatic rings. The minimum absolute atomic E-state index is 0. The van der Waals surface area contributed by atoms with E-state index in [9.17, 15) is 4.79 Å². The fraction of sp³-hybridized carbons (Fsp3) is 0.440. The molecule has 1 heterocycles. The molecule has 0 spiro atoms. The second-order valence-electron chi connectivity index (χ2n) is 7.77. The first-order chi connectivity index (χ1) is 15.7. The quantitative estimate of drug-likeness (QED) is 0.248. The monoisotopic (exact) mass is 565 g/mol. The summed E-state index contributed by atoms with van der Waals surface area (Å²) in [5, 5.41) is 9.61. The highest BCUT2D eigenvalue weighted by atomic mass is 127. The maximum Gasteiger partial charge on any atom is 0.251 e. The van der Waals surface area contributed by atoms with Crippen LogP contribution in [0.5, 0.6) is 0 Å². The Morgan fingerprint density at radius 3 is 2.42 bits per heavy atom. The van der Waals surface area contributed by atoms with Gasteiger partial charge in [0.1, 0.15) is 0 Å². The van der Waals surface area contributed by atoms with Crippen LogP contribution in [0.2, 0.25) is 0 Å². The van der Waals surface area contributed by atoms with Crippen LogP contribution in [-0.4, -0.2) is 56.2 Å². The highest BCUT2D eigenvalue weighted by Crippen LogP contribution is 2.13. The number of nitrogens with one attached hydrogen (secondary N) is 3. The van der Waals surface area contributed by atoms with Crippen molar-refractivity contribution in [2.45, 2.75) is 33.5 Å². The molecule has 1 fully saturated rings. The van der Waals surface area contributed by atoms with Crippen molar-refractivity contribution in [3.8, 4) is 0 Å². The Hall–Kier alpha value is -2.17. The number of carbonyl (C=O) groups excluding carboxylic acids is 1. The standard InChI is InChI=1S/C25H35N5O2.HI/c1-3-26-24(31)21-11-7-8-20(16-21)17-28-25(27-4-2)29-18-22-9-5-6-10-23(22)19-30-12-14-32-15-13-30;/h5-11,16H,3-4,12-15,17-19H2,1-2H3,(H,26,31)(H2,27,28,29);1H. The summed E-state index contributed by atoms with van der Waals surface area (Å²) < 4.78 is 5.47. The largest absolute Gasteiger partial charge is 0.379 e. The summed E-state index contributed by atoms with van der Waals surface area (Å²) in [6, 6.07) is 16.2. The SMILES string of the molecule is CCNC(=O)c1cccc(CN=C(NCC)NCc2ccccc2CN2CCOCC2)c1.I. The molecule has 8 heteroatoms. The van der Waals surface area contributed by atoms with Crippen LogP contribution in [0, 0.1) is 0 Å². The fourth-order valence-electron chi connectivity index (χ4n) is 3.65. The minimum Gasteiger partial charge on any atom is -0.379 e. The Bertz CT molecular complexity index is 900. The summed E-state index contributed by atoms with van der Waals surface area (Å²) in [7, 11) is 0. The molecule has 0 radical (unpaired) electrons. The number of hydrogen-bond donors (Lipinski definition) is 3. The van der Waals surface area contributed by atoms with Gasteiger partial charge >= 0.3 is 0 Å². The maximum atomic E-state index is 12.1. The Morgan fingerprint density at radius 1 is 0.970 bits per heavy atom. The predicted octanol–water partition coefficient (Wildman–Crippen LogP) is 3.14. The number of aliphatic imine (C=N–C) groups is 1. The van der Waals surface area contributed by atoms with E-state index >= 15 is 0 Å². The van der Waals surface area contributed by atoms with Gasteiger partial charge in [0.15, 0.2) is 5.96 Å². The average Bonchev–Trinajstić information content (AvgIpc) is 2.83. The van der Waals surface area contributed by atoms with Crippen molar-refractivity contribution in [2.24, 2.45) is 4.99 Å². The number of ether oxygens (including phenoxy) is 1. The van der Waals surface area contributed by atoms with Gasteiger partial charge in [0.05, 0.1) is 19.8 Å². The molecule has 0 saturated carbocycles. The number of hydrogen-bond acceptors (Lipinski definition) is 4. The molecule has 0 aromatic heterocycles. The normalized spacial score (nSPS) is 14.3. The van der Waals surface area contributed by atoms with Crippen LogP contribution < -0.4 is 16.0 Å². The van der Waals surface area contributed by atoms with Crippen molar-refractivity contribution in [3.05, 3.63) is 70.8 Å². The van der Waals surface area contributed by atoms with Gasteiger partial charge in [-0.2, -0.15) is 0 Å². The van der Waals surface area contributed by atoms with Crippen LogP contribution in [0.3, 0.4) is 0 Å². The first-order valence-electron chi connectivity index (χ1n) is 11.5. The highest BCUT2D eigenvalue weighted by molar-refractivity contribution is 14.0. The molecule has 3 rings (SSSR count). The van der Waals surface area contributed by atoms with Crippen LogP contribution >= 0.6 is 24.0 Å². The molecular weight excluding hydrogens is 529 g/mol. The topological polar surface area (TPSA) is 78.0 Å². The van der Waals surface area contributed by atoms with E-state index in [4.69, 9.17) is 9.73 Å². The lowest BCUT2D eigenvalue weighted by atomic mass is 10.1. The van der Waals surface area contributed by atoms with Crippen molar-refractivity contribution in [3.63, 3.8) is 0 Å². The molecule has 2 aromatic carbocycles. The lowest BCUT2D eigenvalue weighted by Gasteiger charge is -2.27. The van der Waals surface area contributed by atoms with Gasteiger partial charge in [-0.05, 0) is 42.7 Å². The lowest BCUT2D eigenvalue weighted by Crippen LogP contribution is -2.38. The molecule has 1 aliphatic rings. The molecule has 1 aliphatic heterocycles. The first-order valence-corrected chi connectivity index (χ1v) is 11.5. The van der Waals surface area contributed by atoms with E-state index in [0.29, 0.717) is 25.2 Å². The van der Waals surface area contributed by atoms with Crippen LogP contribution in [0.25, 0.3) is 0 Å². The van der Waals surface area contributed by atoms with Crippen LogP contribution in [0.4, 0.5) is 0 Å². The summed E-state index contributed by atoms with van der Waals surface area (Å²) >= 11 is 0. The summed E-state index contributed by atoms with van der Waals surface area (Å²) in [5.41, 5.74) is 4.25.